The Morgan fingerprint density at radius 3 is 2.35 bits per heavy atom. The van der Waals surface area contributed by atoms with E-state index in [4.69, 9.17) is 10.5 Å². The standard InChI is InChI=1S/C32H33F5N2O/c1-3-28-26-13-11-23-15-24(40)12-14-25(23)29(26)27(16-30(28,2)19-31(33,34)32(35,36)37)22-9-7-20(8-10-22)5-4-6-21(17-38)18-39/h4-5,7-10,15,21,26-28H,3,6,11-14,16,19H2,1-2H3/b5-4+/t26?,27-,28?,30?/m1/s1. The van der Waals surface area contributed by atoms with Gasteiger partial charge in [0.1, 0.15) is 5.92 Å². The number of nitriles is 2. The second-order valence-electron chi connectivity index (χ2n) is 11.6. The van der Waals surface area contributed by atoms with Gasteiger partial charge in [-0.3, -0.25) is 4.79 Å². The highest BCUT2D eigenvalue weighted by molar-refractivity contribution is 5.93. The molecule has 8 heteroatoms. The van der Waals surface area contributed by atoms with Crippen molar-refractivity contribution in [3.05, 3.63) is 64.3 Å². The van der Waals surface area contributed by atoms with Gasteiger partial charge in [-0.15, -0.1) is 0 Å². The lowest BCUT2D eigenvalue weighted by atomic mass is 9.50. The molecule has 1 saturated carbocycles. The third kappa shape index (κ3) is 5.78. The van der Waals surface area contributed by atoms with Crippen LogP contribution in [0.1, 0.15) is 82.3 Å². The minimum absolute atomic E-state index is 0.0676. The molecule has 0 aliphatic heterocycles. The molecule has 3 unspecified atom stereocenters. The van der Waals surface area contributed by atoms with E-state index in [-0.39, 0.29) is 36.4 Å². The molecule has 1 aromatic rings. The van der Waals surface area contributed by atoms with Gasteiger partial charge in [0.2, 0.25) is 0 Å². The zero-order chi connectivity index (χ0) is 29.3. The van der Waals surface area contributed by atoms with Crippen LogP contribution in [-0.4, -0.2) is 17.9 Å². The highest BCUT2D eigenvalue weighted by atomic mass is 19.4. The fraction of sp³-hybridized carbons (Fsp3) is 0.531. The lowest BCUT2D eigenvalue weighted by Gasteiger charge is -2.54. The predicted molar refractivity (Wildman–Crippen MR) is 142 cm³/mol. The molecule has 0 spiro atoms. The topological polar surface area (TPSA) is 64.7 Å². The molecule has 0 heterocycles. The van der Waals surface area contributed by atoms with E-state index in [1.54, 1.807) is 25.2 Å². The van der Waals surface area contributed by atoms with Crippen LogP contribution in [0.4, 0.5) is 22.0 Å². The van der Waals surface area contributed by atoms with Crippen molar-refractivity contribution >= 4 is 11.9 Å². The van der Waals surface area contributed by atoms with Crippen molar-refractivity contribution in [1.29, 1.82) is 10.5 Å². The largest absolute Gasteiger partial charge is 0.453 e. The number of alkyl halides is 5. The van der Waals surface area contributed by atoms with Gasteiger partial charge in [0.25, 0.3) is 0 Å². The molecule has 4 atom stereocenters. The summed E-state index contributed by atoms with van der Waals surface area (Å²) in [6, 6.07) is 11.3. The molecule has 0 aromatic heterocycles. The number of carbonyl (C=O) groups excluding carboxylic acids is 1. The summed E-state index contributed by atoms with van der Waals surface area (Å²) in [7, 11) is 0. The second-order valence-corrected chi connectivity index (χ2v) is 11.6. The fourth-order valence-electron chi connectivity index (χ4n) is 7.30. The van der Waals surface area contributed by atoms with E-state index in [0.717, 1.165) is 27.8 Å². The van der Waals surface area contributed by atoms with Gasteiger partial charge in [-0.05, 0) is 77.7 Å². The van der Waals surface area contributed by atoms with Crippen LogP contribution in [-0.2, 0) is 4.79 Å². The maximum atomic E-state index is 14.6. The first kappa shape index (κ1) is 29.7. The van der Waals surface area contributed by atoms with Crippen LogP contribution in [0.25, 0.3) is 6.08 Å². The van der Waals surface area contributed by atoms with E-state index in [1.165, 1.54) is 0 Å². The van der Waals surface area contributed by atoms with Crippen LogP contribution >= 0.6 is 0 Å². The summed E-state index contributed by atoms with van der Waals surface area (Å²) in [5.41, 5.74) is 3.61. The van der Waals surface area contributed by atoms with E-state index >= 15 is 0 Å². The Balaban J connectivity index is 1.76. The van der Waals surface area contributed by atoms with Crippen LogP contribution in [0.3, 0.4) is 0 Å². The minimum Gasteiger partial charge on any atom is -0.295 e. The molecule has 3 aliphatic rings. The first-order valence-corrected chi connectivity index (χ1v) is 13.8. The number of halogens is 5. The number of fused-ring (bicyclic) bond motifs is 2. The van der Waals surface area contributed by atoms with Gasteiger partial charge in [0.05, 0.1) is 12.1 Å². The highest BCUT2D eigenvalue weighted by Gasteiger charge is 2.62. The smallest absolute Gasteiger partial charge is 0.295 e. The Morgan fingerprint density at radius 2 is 1.75 bits per heavy atom. The van der Waals surface area contributed by atoms with Crippen molar-refractivity contribution in [2.75, 3.05) is 0 Å². The lowest BCUT2D eigenvalue weighted by Crippen LogP contribution is -2.49. The van der Waals surface area contributed by atoms with Crippen LogP contribution in [0, 0.1) is 45.8 Å². The third-order valence-corrected chi connectivity index (χ3v) is 9.06. The summed E-state index contributed by atoms with van der Waals surface area (Å²) in [5.74, 6) is -6.27. The van der Waals surface area contributed by atoms with Crippen LogP contribution in [0.15, 0.2) is 53.1 Å². The summed E-state index contributed by atoms with van der Waals surface area (Å²) in [5, 5.41) is 17.9. The third-order valence-electron chi connectivity index (χ3n) is 9.06. The highest BCUT2D eigenvalue weighted by Crippen LogP contribution is 2.62. The molecule has 40 heavy (non-hydrogen) atoms. The number of benzene rings is 1. The maximum absolute atomic E-state index is 14.6. The molecule has 4 rings (SSSR count). The molecule has 0 N–H and O–H groups in total. The van der Waals surface area contributed by atoms with Gasteiger partial charge in [0.15, 0.2) is 5.78 Å². The molecule has 3 aliphatic carbocycles. The first-order valence-electron chi connectivity index (χ1n) is 13.8. The lowest BCUT2D eigenvalue weighted by molar-refractivity contribution is -0.296. The number of rotatable bonds is 7. The Hall–Kier alpha value is -3.26. The van der Waals surface area contributed by atoms with E-state index in [9.17, 15) is 26.7 Å². The second kappa shape index (κ2) is 11.3. The molecular formula is C32H33F5N2O. The Kier molecular flexibility index (Phi) is 8.41. The number of nitrogens with zero attached hydrogens (tertiary/aromatic N) is 2. The Labute approximate surface area is 232 Å². The predicted octanol–water partition coefficient (Wildman–Crippen LogP) is 8.86. The van der Waals surface area contributed by atoms with E-state index < -0.39 is 29.9 Å². The van der Waals surface area contributed by atoms with Gasteiger partial charge in [-0.1, -0.05) is 62.3 Å². The SMILES string of the molecule is CCC1C2CCC3=CC(=O)CCC3=C2[C@@H](c2ccc(/C=C/CC(C#N)C#N)cc2)CC1(C)CC(F)(F)C(F)(F)F. The monoisotopic (exact) mass is 556 g/mol. The molecule has 1 aromatic carbocycles. The molecule has 212 valence electrons. The van der Waals surface area contributed by atoms with Crippen molar-refractivity contribution in [3.8, 4) is 12.1 Å². The Bertz CT molecular complexity index is 1290. The quantitative estimate of drug-likeness (QED) is 0.315. The van der Waals surface area contributed by atoms with Crippen LogP contribution in [0.2, 0.25) is 0 Å². The van der Waals surface area contributed by atoms with E-state index in [0.29, 0.717) is 32.1 Å². The average Bonchev–Trinajstić information content (AvgIpc) is 2.89. The average molecular weight is 557 g/mol. The zero-order valence-corrected chi connectivity index (χ0v) is 22.7. The summed E-state index contributed by atoms with van der Waals surface area (Å²) < 4.78 is 69.4. The molecule has 0 radical (unpaired) electrons. The van der Waals surface area contributed by atoms with E-state index in [2.05, 4.69) is 0 Å². The van der Waals surface area contributed by atoms with Crippen molar-refractivity contribution in [2.24, 2.45) is 23.2 Å². The van der Waals surface area contributed by atoms with Crippen molar-refractivity contribution in [3.63, 3.8) is 0 Å². The summed E-state index contributed by atoms with van der Waals surface area (Å²) in [4.78, 5) is 12.2. The van der Waals surface area contributed by atoms with Crippen molar-refractivity contribution < 1.29 is 26.7 Å². The van der Waals surface area contributed by atoms with Crippen molar-refractivity contribution in [1.82, 2.24) is 0 Å². The molecule has 1 fully saturated rings. The number of allylic oxidation sites excluding steroid dienone is 5. The van der Waals surface area contributed by atoms with Gasteiger partial charge >= 0.3 is 12.1 Å². The Morgan fingerprint density at radius 1 is 1.07 bits per heavy atom. The molecule has 0 saturated heterocycles. The normalized spacial score (nSPS) is 27.2. The van der Waals surface area contributed by atoms with Crippen LogP contribution < -0.4 is 0 Å². The van der Waals surface area contributed by atoms with Gasteiger partial charge in [0, 0.05) is 18.8 Å². The summed E-state index contributed by atoms with van der Waals surface area (Å²) in [6.45, 7) is 3.47. The van der Waals surface area contributed by atoms with Crippen molar-refractivity contribution in [2.45, 2.75) is 83.2 Å². The maximum Gasteiger partial charge on any atom is 0.453 e. The first-order chi connectivity index (χ1) is 18.8. The number of carbonyl (C=O) groups is 1. The summed E-state index contributed by atoms with van der Waals surface area (Å²) >= 11 is 0. The molecule has 3 nitrogen and oxygen atoms in total. The molecule has 0 amide bonds. The van der Waals surface area contributed by atoms with Crippen LogP contribution in [0.5, 0.6) is 0 Å². The van der Waals surface area contributed by atoms with Gasteiger partial charge in [-0.25, -0.2) is 0 Å². The zero-order valence-electron chi connectivity index (χ0n) is 22.7. The number of ketones is 1. The summed E-state index contributed by atoms with van der Waals surface area (Å²) in [6.07, 6.45) is 1.50. The van der Waals surface area contributed by atoms with Gasteiger partial charge < -0.3 is 0 Å². The van der Waals surface area contributed by atoms with E-state index in [1.807, 2.05) is 43.3 Å². The fourth-order valence-corrected chi connectivity index (χ4v) is 7.30. The molecular weight excluding hydrogens is 523 g/mol. The van der Waals surface area contributed by atoms with Gasteiger partial charge in [-0.2, -0.15) is 32.5 Å². The molecule has 0 bridgehead atoms. The number of hydrogen-bond acceptors (Lipinski definition) is 3. The number of hydrogen-bond donors (Lipinski definition) is 0. The minimum atomic E-state index is -5.61.